The quantitative estimate of drug-likeness (QED) is 0.726. The van der Waals surface area contributed by atoms with Gasteiger partial charge in [0.15, 0.2) is 0 Å². The SMILES string of the molecule is Cl.O=C(NCCC1CCCC1)c1cnn2c(C3CCNCC3)cc(=O)[nH]c12. The molecule has 1 aliphatic carbocycles. The van der Waals surface area contributed by atoms with Gasteiger partial charge in [0.1, 0.15) is 11.2 Å². The minimum absolute atomic E-state index is 0. The first-order chi connectivity index (χ1) is 12.7. The summed E-state index contributed by atoms with van der Waals surface area (Å²) in [5.41, 5.74) is 1.68. The number of aromatic nitrogens is 3. The van der Waals surface area contributed by atoms with E-state index < -0.39 is 0 Å². The molecule has 1 saturated carbocycles. The van der Waals surface area contributed by atoms with Crippen LogP contribution < -0.4 is 16.2 Å². The van der Waals surface area contributed by atoms with E-state index in [0.717, 1.165) is 44.0 Å². The number of amides is 1. The van der Waals surface area contributed by atoms with E-state index in [-0.39, 0.29) is 23.9 Å². The molecule has 4 rings (SSSR count). The zero-order valence-electron chi connectivity index (χ0n) is 15.5. The number of rotatable bonds is 5. The zero-order valence-corrected chi connectivity index (χ0v) is 16.3. The molecule has 0 aromatic carbocycles. The molecule has 2 aromatic rings. The number of nitrogens with zero attached hydrogens (tertiary/aromatic N) is 2. The topological polar surface area (TPSA) is 91.3 Å². The van der Waals surface area contributed by atoms with E-state index in [4.69, 9.17) is 0 Å². The Morgan fingerprint density at radius 3 is 2.70 bits per heavy atom. The molecule has 3 heterocycles. The fraction of sp³-hybridized carbons (Fsp3) is 0.632. The van der Waals surface area contributed by atoms with Gasteiger partial charge in [-0.3, -0.25) is 9.59 Å². The number of nitrogens with one attached hydrogen (secondary N) is 3. The highest BCUT2D eigenvalue weighted by Gasteiger charge is 2.22. The summed E-state index contributed by atoms with van der Waals surface area (Å²) >= 11 is 0. The van der Waals surface area contributed by atoms with Crippen molar-refractivity contribution in [1.29, 1.82) is 0 Å². The summed E-state index contributed by atoms with van der Waals surface area (Å²) in [6.07, 6.45) is 9.73. The van der Waals surface area contributed by atoms with Gasteiger partial charge < -0.3 is 15.6 Å². The molecule has 2 fully saturated rings. The summed E-state index contributed by atoms with van der Waals surface area (Å²) in [4.78, 5) is 27.6. The molecule has 1 amide bonds. The molecule has 7 nitrogen and oxygen atoms in total. The van der Waals surface area contributed by atoms with Crippen LogP contribution in [-0.2, 0) is 0 Å². The van der Waals surface area contributed by atoms with E-state index in [1.54, 1.807) is 16.8 Å². The van der Waals surface area contributed by atoms with E-state index in [1.807, 2.05) is 0 Å². The fourth-order valence-electron chi connectivity index (χ4n) is 4.37. The number of carbonyl (C=O) groups is 1. The third kappa shape index (κ3) is 4.35. The largest absolute Gasteiger partial charge is 0.352 e. The van der Waals surface area contributed by atoms with Crippen LogP contribution in [-0.4, -0.2) is 40.1 Å². The van der Waals surface area contributed by atoms with Gasteiger partial charge in [0.2, 0.25) is 0 Å². The predicted octanol–water partition coefficient (Wildman–Crippen LogP) is 2.22. The molecule has 148 valence electrons. The molecule has 3 N–H and O–H groups in total. The smallest absolute Gasteiger partial charge is 0.256 e. The first-order valence-electron chi connectivity index (χ1n) is 9.82. The van der Waals surface area contributed by atoms with E-state index in [0.29, 0.717) is 23.7 Å². The zero-order chi connectivity index (χ0) is 17.9. The second kappa shape index (κ2) is 8.89. The molecule has 2 aliphatic rings. The molecule has 2 aromatic heterocycles. The lowest BCUT2D eigenvalue weighted by Gasteiger charge is -2.23. The molecule has 0 spiro atoms. The van der Waals surface area contributed by atoms with Gasteiger partial charge in [0.05, 0.1) is 11.9 Å². The Hall–Kier alpha value is -1.86. The number of halogens is 1. The Labute approximate surface area is 164 Å². The maximum Gasteiger partial charge on any atom is 0.256 e. The van der Waals surface area contributed by atoms with E-state index in [2.05, 4.69) is 20.7 Å². The predicted molar refractivity (Wildman–Crippen MR) is 107 cm³/mol. The van der Waals surface area contributed by atoms with Gasteiger partial charge in [-0.2, -0.15) is 5.10 Å². The molecular formula is C19H28ClN5O2. The molecule has 0 radical (unpaired) electrons. The van der Waals surface area contributed by atoms with Crippen molar-refractivity contribution in [3.8, 4) is 0 Å². The van der Waals surface area contributed by atoms with Crippen LogP contribution in [0.25, 0.3) is 5.65 Å². The third-order valence-electron chi connectivity index (χ3n) is 5.85. The van der Waals surface area contributed by atoms with Crippen molar-refractivity contribution in [1.82, 2.24) is 25.2 Å². The van der Waals surface area contributed by atoms with Crippen LogP contribution in [0.4, 0.5) is 0 Å². The monoisotopic (exact) mass is 393 g/mol. The minimum Gasteiger partial charge on any atom is -0.352 e. The molecule has 0 unspecified atom stereocenters. The number of H-pyrrole nitrogens is 1. The number of hydrogen-bond acceptors (Lipinski definition) is 4. The minimum atomic E-state index is -0.175. The van der Waals surface area contributed by atoms with Gasteiger partial charge in [-0.25, -0.2) is 4.52 Å². The Morgan fingerprint density at radius 1 is 1.22 bits per heavy atom. The first kappa shape index (κ1) is 19.9. The number of piperidine rings is 1. The lowest BCUT2D eigenvalue weighted by molar-refractivity contribution is 0.0953. The van der Waals surface area contributed by atoms with Gasteiger partial charge in [0, 0.05) is 18.5 Å². The summed E-state index contributed by atoms with van der Waals surface area (Å²) < 4.78 is 1.74. The van der Waals surface area contributed by atoms with Crippen molar-refractivity contribution < 1.29 is 4.79 Å². The van der Waals surface area contributed by atoms with Crippen LogP contribution in [0.3, 0.4) is 0 Å². The van der Waals surface area contributed by atoms with Crippen molar-refractivity contribution in [3.05, 3.63) is 33.9 Å². The van der Waals surface area contributed by atoms with Crippen LogP contribution in [0.15, 0.2) is 17.1 Å². The first-order valence-corrected chi connectivity index (χ1v) is 9.82. The van der Waals surface area contributed by atoms with Crippen LogP contribution in [0, 0.1) is 5.92 Å². The van der Waals surface area contributed by atoms with Crippen LogP contribution in [0.1, 0.15) is 66.9 Å². The van der Waals surface area contributed by atoms with Crippen LogP contribution in [0.2, 0.25) is 0 Å². The summed E-state index contributed by atoms with van der Waals surface area (Å²) in [5.74, 6) is 0.876. The van der Waals surface area contributed by atoms with Crippen LogP contribution in [0.5, 0.6) is 0 Å². The number of carbonyl (C=O) groups excluding carboxylic acids is 1. The summed E-state index contributed by atoms with van der Waals surface area (Å²) in [6, 6.07) is 1.62. The normalized spacial score (nSPS) is 18.5. The highest BCUT2D eigenvalue weighted by atomic mass is 35.5. The van der Waals surface area contributed by atoms with Gasteiger partial charge in [0.25, 0.3) is 11.5 Å². The Kier molecular flexibility index (Phi) is 6.55. The number of fused-ring (bicyclic) bond motifs is 1. The highest BCUT2D eigenvalue weighted by Crippen LogP contribution is 2.27. The Balaban J connectivity index is 0.00000210. The van der Waals surface area contributed by atoms with Crippen molar-refractivity contribution in [3.63, 3.8) is 0 Å². The highest BCUT2D eigenvalue weighted by molar-refractivity contribution is 5.99. The fourth-order valence-corrected chi connectivity index (χ4v) is 4.37. The van der Waals surface area contributed by atoms with Crippen molar-refractivity contribution in [2.24, 2.45) is 5.92 Å². The van der Waals surface area contributed by atoms with E-state index >= 15 is 0 Å². The van der Waals surface area contributed by atoms with Gasteiger partial charge in [-0.1, -0.05) is 25.7 Å². The lowest BCUT2D eigenvalue weighted by atomic mass is 9.94. The average Bonchev–Trinajstić information content (AvgIpc) is 3.31. The third-order valence-corrected chi connectivity index (χ3v) is 5.85. The molecule has 1 saturated heterocycles. The molecule has 0 bridgehead atoms. The summed E-state index contributed by atoms with van der Waals surface area (Å²) in [6.45, 7) is 2.56. The number of aromatic amines is 1. The molecule has 8 heteroatoms. The summed E-state index contributed by atoms with van der Waals surface area (Å²) in [5, 5.41) is 10.7. The van der Waals surface area contributed by atoms with E-state index in [1.165, 1.54) is 25.7 Å². The lowest BCUT2D eigenvalue weighted by Crippen LogP contribution is -2.29. The summed E-state index contributed by atoms with van der Waals surface area (Å²) in [7, 11) is 0. The Bertz CT molecular complexity index is 834. The average molecular weight is 394 g/mol. The standard InChI is InChI=1S/C19H27N5O2.ClH/c25-17-11-16(14-6-8-20-9-7-14)24-18(23-17)15(12-22-24)19(26)21-10-5-13-3-1-2-4-13;/h11-14,20H,1-10H2,(H,21,26)(H,23,25);1H. The molecule has 0 atom stereocenters. The van der Waals surface area contributed by atoms with Crippen LogP contribution >= 0.6 is 12.4 Å². The number of hydrogen-bond donors (Lipinski definition) is 3. The van der Waals surface area contributed by atoms with Crippen molar-refractivity contribution in [2.45, 2.75) is 50.9 Å². The molecular weight excluding hydrogens is 366 g/mol. The van der Waals surface area contributed by atoms with E-state index in [9.17, 15) is 9.59 Å². The molecule has 1 aliphatic heterocycles. The molecule has 27 heavy (non-hydrogen) atoms. The Morgan fingerprint density at radius 2 is 1.96 bits per heavy atom. The van der Waals surface area contributed by atoms with Gasteiger partial charge >= 0.3 is 0 Å². The van der Waals surface area contributed by atoms with Gasteiger partial charge in [-0.05, 0) is 38.3 Å². The second-order valence-electron chi connectivity index (χ2n) is 7.60. The van der Waals surface area contributed by atoms with Gasteiger partial charge in [-0.15, -0.1) is 12.4 Å². The van der Waals surface area contributed by atoms with Crippen molar-refractivity contribution in [2.75, 3.05) is 19.6 Å². The maximum atomic E-state index is 12.6. The van der Waals surface area contributed by atoms with Crippen molar-refractivity contribution >= 4 is 24.0 Å². The maximum absolute atomic E-state index is 12.6. The second-order valence-corrected chi connectivity index (χ2v) is 7.60.